The predicted octanol–water partition coefficient (Wildman–Crippen LogP) is 3.54. The van der Waals surface area contributed by atoms with E-state index in [0.29, 0.717) is 13.1 Å². The Morgan fingerprint density at radius 2 is 2.03 bits per heavy atom. The monoisotopic (exact) mass is 426 g/mol. The van der Waals surface area contributed by atoms with Gasteiger partial charge in [-0.2, -0.15) is 0 Å². The van der Waals surface area contributed by atoms with Crippen LogP contribution < -0.4 is 10.2 Å². The first-order valence-electron chi connectivity index (χ1n) is 10.2. The SMILES string of the molecule is CC(=O)NC1CCN(c2nc(C(C)(C)C)nc3c2ncn3Cc2ccccc2Cl)C1. The van der Waals surface area contributed by atoms with Crippen molar-refractivity contribution in [2.24, 2.45) is 0 Å². The Bertz CT molecular complexity index is 1090. The van der Waals surface area contributed by atoms with E-state index in [0.717, 1.165) is 46.4 Å². The average molecular weight is 427 g/mol. The number of hydrogen-bond donors (Lipinski definition) is 1. The van der Waals surface area contributed by atoms with Gasteiger partial charge in [0.25, 0.3) is 0 Å². The molecule has 0 bridgehead atoms. The van der Waals surface area contributed by atoms with E-state index in [1.54, 1.807) is 13.3 Å². The number of nitrogens with zero attached hydrogens (tertiary/aromatic N) is 5. The van der Waals surface area contributed by atoms with E-state index in [1.165, 1.54) is 0 Å². The first-order chi connectivity index (χ1) is 14.2. The molecule has 30 heavy (non-hydrogen) atoms. The van der Waals surface area contributed by atoms with Crippen molar-refractivity contribution in [2.45, 2.75) is 52.1 Å². The Morgan fingerprint density at radius 1 is 1.27 bits per heavy atom. The maximum Gasteiger partial charge on any atom is 0.217 e. The number of hydrogen-bond acceptors (Lipinski definition) is 5. The molecule has 2 aromatic heterocycles. The van der Waals surface area contributed by atoms with E-state index < -0.39 is 0 Å². The summed E-state index contributed by atoms with van der Waals surface area (Å²) in [4.78, 5) is 28.1. The van der Waals surface area contributed by atoms with Gasteiger partial charge in [0, 0.05) is 36.5 Å². The maximum atomic E-state index is 11.5. The van der Waals surface area contributed by atoms with Crippen molar-refractivity contribution < 1.29 is 4.79 Å². The van der Waals surface area contributed by atoms with Crippen molar-refractivity contribution in [1.82, 2.24) is 24.8 Å². The Balaban J connectivity index is 1.76. The Hall–Kier alpha value is -2.67. The van der Waals surface area contributed by atoms with E-state index in [4.69, 9.17) is 21.6 Å². The van der Waals surface area contributed by atoms with Gasteiger partial charge in [-0.05, 0) is 18.1 Å². The molecule has 1 aliphatic rings. The molecule has 7 nitrogen and oxygen atoms in total. The van der Waals surface area contributed by atoms with Crippen LogP contribution in [0.4, 0.5) is 5.82 Å². The van der Waals surface area contributed by atoms with Crippen molar-refractivity contribution in [2.75, 3.05) is 18.0 Å². The van der Waals surface area contributed by atoms with Gasteiger partial charge in [-0.25, -0.2) is 15.0 Å². The predicted molar refractivity (Wildman–Crippen MR) is 119 cm³/mol. The molecule has 1 aromatic carbocycles. The number of benzene rings is 1. The lowest BCUT2D eigenvalue weighted by Gasteiger charge is -2.22. The molecule has 1 aliphatic heterocycles. The summed E-state index contributed by atoms with van der Waals surface area (Å²) in [5.41, 5.74) is 2.38. The smallest absolute Gasteiger partial charge is 0.217 e. The molecule has 4 rings (SSSR count). The van der Waals surface area contributed by atoms with Crippen LogP contribution in [0.2, 0.25) is 5.02 Å². The van der Waals surface area contributed by atoms with Gasteiger partial charge in [0.2, 0.25) is 5.91 Å². The van der Waals surface area contributed by atoms with Crippen molar-refractivity contribution in [1.29, 1.82) is 0 Å². The third-order valence-electron chi connectivity index (χ3n) is 5.31. The molecule has 1 unspecified atom stereocenters. The zero-order valence-electron chi connectivity index (χ0n) is 17.8. The minimum atomic E-state index is -0.209. The number of aromatic nitrogens is 4. The summed E-state index contributed by atoms with van der Waals surface area (Å²) >= 11 is 6.38. The topological polar surface area (TPSA) is 75.9 Å². The fraction of sp³-hybridized carbons (Fsp3) is 0.455. The summed E-state index contributed by atoms with van der Waals surface area (Å²) in [6.45, 7) is 10.00. The highest BCUT2D eigenvalue weighted by Crippen LogP contribution is 2.30. The van der Waals surface area contributed by atoms with Gasteiger partial charge in [-0.1, -0.05) is 50.6 Å². The highest BCUT2D eigenvalue weighted by atomic mass is 35.5. The summed E-state index contributed by atoms with van der Waals surface area (Å²) in [5, 5.41) is 3.74. The molecular weight excluding hydrogens is 400 g/mol. The molecule has 3 aromatic rings. The van der Waals surface area contributed by atoms with Crippen LogP contribution in [0.25, 0.3) is 11.2 Å². The third-order valence-corrected chi connectivity index (χ3v) is 5.68. The van der Waals surface area contributed by atoms with Crippen LogP contribution in [0, 0.1) is 0 Å². The first-order valence-corrected chi connectivity index (χ1v) is 10.6. The van der Waals surface area contributed by atoms with Crippen LogP contribution in [-0.2, 0) is 16.8 Å². The number of rotatable bonds is 4. The second kappa shape index (κ2) is 7.87. The molecule has 1 saturated heterocycles. The zero-order chi connectivity index (χ0) is 21.5. The van der Waals surface area contributed by atoms with Crippen LogP contribution in [0.3, 0.4) is 0 Å². The van der Waals surface area contributed by atoms with Crippen molar-refractivity contribution in [3.8, 4) is 0 Å². The molecule has 0 saturated carbocycles. The number of anilines is 1. The Morgan fingerprint density at radius 3 is 2.73 bits per heavy atom. The minimum Gasteiger partial charge on any atom is -0.353 e. The van der Waals surface area contributed by atoms with E-state index in [-0.39, 0.29) is 17.4 Å². The second-order valence-electron chi connectivity index (χ2n) is 8.89. The Kier molecular flexibility index (Phi) is 5.40. The number of imidazole rings is 1. The molecular formula is C22H27ClN6O. The van der Waals surface area contributed by atoms with Gasteiger partial charge in [0.05, 0.1) is 12.9 Å². The summed E-state index contributed by atoms with van der Waals surface area (Å²) in [6, 6.07) is 7.93. The van der Waals surface area contributed by atoms with Crippen LogP contribution in [-0.4, -0.2) is 44.6 Å². The number of carbonyl (C=O) groups is 1. The molecule has 1 fully saturated rings. The average Bonchev–Trinajstić information content (AvgIpc) is 3.29. The quantitative estimate of drug-likeness (QED) is 0.690. The van der Waals surface area contributed by atoms with Gasteiger partial charge < -0.3 is 14.8 Å². The molecule has 0 radical (unpaired) electrons. The Labute approximate surface area is 181 Å². The van der Waals surface area contributed by atoms with Crippen LogP contribution in [0.5, 0.6) is 0 Å². The van der Waals surface area contributed by atoms with Crippen molar-refractivity contribution in [3.05, 3.63) is 47.0 Å². The lowest BCUT2D eigenvalue weighted by atomic mass is 9.96. The molecule has 1 amide bonds. The van der Waals surface area contributed by atoms with Crippen LogP contribution in [0.15, 0.2) is 30.6 Å². The largest absolute Gasteiger partial charge is 0.353 e. The first kappa shape index (κ1) is 20.6. The van der Waals surface area contributed by atoms with Crippen LogP contribution in [0.1, 0.15) is 45.5 Å². The fourth-order valence-electron chi connectivity index (χ4n) is 3.77. The highest BCUT2D eigenvalue weighted by Gasteiger charge is 2.29. The lowest BCUT2D eigenvalue weighted by molar-refractivity contribution is -0.119. The standard InChI is InChI=1S/C22H27ClN6O/c1-14(30)25-16-9-10-28(12-16)19-18-20(27-21(26-19)22(2,3)4)29(13-24-18)11-15-7-5-6-8-17(15)23/h5-8,13,16H,9-12H2,1-4H3,(H,25,30). The van der Waals surface area contributed by atoms with Gasteiger partial charge in [0.15, 0.2) is 17.0 Å². The maximum absolute atomic E-state index is 11.5. The van der Waals surface area contributed by atoms with Crippen molar-refractivity contribution in [3.63, 3.8) is 0 Å². The number of fused-ring (bicyclic) bond motifs is 1. The molecule has 8 heteroatoms. The molecule has 1 N–H and O–H groups in total. The number of amides is 1. The van der Waals surface area contributed by atoms with Gasteiger partial charge in [0.1, 0.15) is 5.82 Å². The van der Waals surface area contributed by atoms with Gasteiger partial charge >= 0.3 is 0 Å². The number of carbonyl (C=O) groups excluding carboxylic acids is 1. The molecule has 0 aliphatic carbocycles. The van der Waals surface area contributed by atoms with Gasteiger partial charge in [-0.3, -0.25) is 4.79 Å². The van der Waals surface area contributed by atoms with E-state index in [1.807, 2.05) is 28.8 Å². The lowest BCUT2D eigenvalue weighted by Crippen LogP contribution is -2.36. The number of nitrogens with one attached hydrogen (secondary N) is 1. The minimum absolute atomic E-state index is 0.00548. The second-order valence-corrected chi connectivity index (χ2v) is 9.30. The van der Waals surface area contributed by atoms with E-state index in [2.05, 4.69) is 36.0 Å². The fourth-order valence-corrected chi connectivity index (χ4v) is 3.96. The van der Waals surface area contributed by atoms with Crippen molar-refractivity contribution >= 4 is 34.5 Å². The van der Waals surface area contributed by atoms with E-state index in [9.17, 15) is 4.79 Å². The molecule has 158 valence electrons. The summed E-state index contributed by atoms with van der Waals surface area (Å²) in [7, 11) is 0. The molecule has 0 spiro atoms. The molecule has 3 heterocycles. The summed E-state index contributed by atoms with van der Waals surface area (Å²) in [6.07, 6.45) is 2.69. The summed E-state index contributed by atoms with van der Waals surface area (Å²) < 4.78 is 2.03. The van der Waals surface area contributed by atoms with E-state index >= 15 is 0 Å². The third kappa shape index (κ3) is 4.12. The normalized spacial score (nSPS) is 17.0. The van der Waals surface area contributed by atoms with Crippen LogP contribution >= 0.6 is 11.6 Å². The number of halogens is 1. The molecule has 1 atom stereocenters. The highest BCUT2D eigenvalue weighted by molar-refractivity contribution is 6.31. The summed E-state index contributed by atoms with van der Waals surface area (Å²) in [5.74, 6) is 1.60. The van der Waals surface area contributed by atoms with Gasteiger partial charge in [-0.15, -0.1) is 0 Å². The zero-order valence-corrected chi connectivity index (χ0v) is 18.6.